The standard InChI is InChI=1S/C21H30FN3O2/c1-4-19-15(3)18-12-17(22)11-16(21(18)24-19)13-23-20(26)6-5-14(2)25-7-9-27-10-8-25/h11-12,14,24H,4-10,13H2,1-3H3,(H,23,26). The van der Waals surface area contributed by atoms with Crippen molar-refractivity contribution in [2.24, 2.45) is 0 Å². The Morgan fingerprint density at radius 2 is 2.11 bits per heavy atom. The molecule has 1 amide bonds. The van der Waals surface area contributed by atoms with E-state index in [1.807, 2.05) is 6.92 Å². The number of hydrogen-bond donors (Lipinski definition) is 2. The van der Waals surface area contributed by atoms with Crippen LogP contribution in [0.1, 0.15) is 43.5 Å². The van der Waals surface area contributed by atoms with E-state index in [1.165, 1.54) is 6.07 Å². The highest BCUT2D eigenvalue weighted by atomic mass is 19.1. The number of H-pyrrole nitrogens is 1. The molecule has 0 radical (unpaired) electrons. The Morgan fingerprint density at radius 1 is 1.37 bits per heavy atom. The number of benzene rings is 1. The van der Waals surface area contributed by atoms with Crippen molar-refractivity contribution in [1.29, 1.82) is 0 Å². The smallest absolute Gasteiger partial charge is 0.220 e. The van der Waals surface area contributed by atoms with E-state index >= 15 is 0 Å². The van der Waals surface area contributed by atoms with Crippen LogP contribution in [0.5, 0.6) is 0 Å². The van der Waals surface area contributed by atoms with Crippen LogP contribution in [0.25, 0.3) is 10.9 Å². The summed E-state index contributed by atoms with van der Waals surface area (Å²) in [5, 5.41) is 3.85. The SMILES string of the molecule is CCc1[nH]c2c(CNC(=O)CCC(C)N3CCOCC3)cc(F)cc2c1C. The average molecular weight is 375 g/mol. The molecule has 27 heavy (non-hydrogen) atoms. The Labute approximate surface area is 160 Å². The van der Waals surface area contributed by atoms with E-state index in [2.05, 4.69) is 29.0 Å². The highest BCUT2D eigenvalue weighted by Crippen LogP contribution is 2.26. The van der Waals surface area contributed by atoms with E-state index in [9.17, 15) is 9.18 Å². The maximum Gasteiger partial charge on any atom is 0.220 e. The summed E-state index contributed by atoms with van der Waals surface area (Å²) in [5.74, 6) is -0.260. The molecule has 2 N–H and O–H groups in total. The van der Waals surface area contributed by atoms with Crippen molar-refractivity contribution < 1.29 is 13.9 Å². The van der Waals surface area contributed by atoms with Gasteiger partial charge in [-0.2, -0.15) is 0 Å². The number of morpholine rings is 1. The molecule has 0 saturated carbocycles. The van der Waals surface area contributed by atoms with Gasteiger partial charge in [-0.15, -0.1) is 0 Å². The molecular weight excluding hydrogens is 345 g/mol. The lowest BCUT2D eigenvalue weighted by Crippen LogP contribution is -2.42. The number of aryl methyl sites for hydroxylation is 2. The van der Waals surface area contributed by atoms with Crippen LogP contribution >= 0.6 is 0 Å². The van der Waals surface area contributed by atoms with E-state index in [0.29, 0.717) is 19.0 Å². The van der Waals surface area contributed by atoms with Gasteiger partial charge < -0.3 is 15.0 Å². The summed E-state index contributed by atoms with van der Waals surface area (Å²) >= 11 is 0. The normalized spacial score (nSPS) is 16.6. The van der Waals surface area contributed by atoms with Crippen LogP contribution in [0, 0.1) is 12.7 Å². The van der Waals surface area contributed by atoms with E-state index in [4.69, 9.17) is 4.74 Å². The number of nitrogens with one attached hydrogen (secondary N) is 2. The van der Waals surface area contributed by atoms with Gasteiger partial charge in [0.25, 0.3) is 0 Å². The minimum Gasteiger partial charge on any atom is -0.379 e. The molecule has 3 rings (SSSR count). The van der Waals surface area contributed by atoms with Crippen molar-refractivity contribution in [2.75, 3.05) is 26.3 Å². The minimum absolute atomic E-state index is 0.00603. The molecule has 2 aromatic rings. The predicted molar refractivity (Wildman–Crippen MR) is 105 cm³/mol. The molecule has 1 aromatic heterocycles. The number of rotatable bonds is 7. The zero-order valence-corrected chi connectivity index (χ0v) is 16.5. The molecule has 148 valence electrons. The number of nitrogens with zero attached hydrogens (tertiary/aromatic N) is 1. The van der Waals surface area contributed by atoms with Gasteiger partial charge in [-0.3, -0.25) is 9.69 Å². The number of halogens is 1. The minimum atomic E-state index is -0.266. The molecule has 1 aliphatic rings. The second-order valence-corrected chi connectivity index (χ2v) is 7.38. The largest absolute Gasteiger partial charge is 0.379 e. The van der Waals surface area contributed by atoms with Crippen molar-refractivity contribution in [2.45, 2.75) is 52.6 Å². The fourth-order valence-corrected chi connectivity index (χ4v) is 3.83. The molecular formula is C21H30FN3O2. The van der Waals surface area contributed by atoms with Crippen LogP contribution in [0.15, 0.2) is 12.1 Å². The van der Waals surface area contributed by atoms with Gasteiger partial charge >= 0.3 is 0 Å². The second kappa shape index (κ2) is 8.85. The maximum atomic E-state index is 14.0. The first-order chi connectivity index (χ1) is 13.0. The Balaban J connectivity index is 1.58. The first-order valence-corrected chi connectivity index (χ1v) is 9.87. The molecule has 1 fully saturated rings. The molecule has 2 heterocycles. The van der Waals surface area contributed by atoms with Crippen LogP contribution in [0.2, 0.25) is 0 Å². The maximum absolute atomic E-state index is 14.0. The molecule has 1 atom stereocenters. The van der Waals surface area contributed by atoms with Crippen LogP contribution in [0.4, 0.5) is 4.39 Å². The molecule has 1 unspecified atom stereocenters. The number of aromatic amines is 1. The van der Waals surface area contributed by atoms with Gasteiger partial charge in [0.1, 0.15) is 5.82 Å². The molecule has 1 saturated heterocycles. The molecule has 1 aromatic carbocycles. The van der Waals surface area contributed by atoms with Gasteiger partial charge in [-0.05, 0) is 49.9 Å². The van der Waals surface area contributed by atoms with E-state index in [-0.39, 0.29) is 11.7 Å². The number of carbonyl (C=O) groups is 1. The molecule has 0 aliphatic carbocycles. The number of carbonyl (C=O) groups excluding carboxylic acids is 1. The molecule has 1 aliphatic heterocycles. The van der Waals surface area contributed by atoms with Gasteiger partial charge in [-0.1, -0.05) is 6.92 Å². The fourth-order valence-electron chi connectivity index (χ4n) is 3.83. The van der Waals surface area contributed by atoms with Crippen LogP contribution < -0.4 is 5.32 Å². The Bertz CT molecular complexity index is 796. The predicted octanol–water partition coefficient (Wildman–Crippen LogP) is 3.29. The van der Waals surface area contributed by atoms with Crippen molar-refractivity contribution in [3.63, 3.8) is 0 Å². The topological polar surface area (TPSA) is 57.4 Å². The monoisotopic (exact) mass is 375 g/mol. The summed E-state index contributed by atoms with van der Waals surface area (Å²) in [6.45, 7) is 9.96. The molecule has 6 heteroatoms. The van der Waals surface area contributed by atoms with Gasteiger partial charge in [0.15, 0.2) is 0 Å². The first-order valence-electron chi connectivity index (χ1n) is 9.87. The lowest BCUT2D eigenvalue weighted by molar-refractivity contribution is -0.121. The van der Waals surface area contributed by atoms with Gasteiger partial charge in [-0.25, -0.2) is 4.39 Å². The molecule has 0 spiro atoms. The first kappa shape index (κ1) is 19.8. The number of hydrogen-bond acceptors (Lipinski definition) is 3. The molecule has 5 nitrogen and oxygen atoms in total. The zero-order chi connectivity index (χ0) is 19.4. The number of ether oxygens (including phenoxy) is 1. The van der Waals surface area contributed by atoms with Gasteiger partial charge in [0.2, 0.25) is 5.91 Å². The third kappa shape index (κ3) is 4.68. The van der Waals surface area contributed by atoms with E-state index in [0.717, 1.165) is 66.9 Å². The van der Waals surface area contributed by atoms with Crippen molar-refractivity contribution >= 4 is 16.8 Å². The van der Waals surface area contributed by atoms with Crippen LogP contribution in [-0.2, 0) is 22.5 Å². The van der Waals surface area contributed by atoms with Crippen LogP contribution in [-0.4, -0.2) is 48.1 Å². The lowest BCUT2D eigenvalue weighted by Gasteiger charge is -2.32. The average Bonchev–Trinajstić information content (AvgIpc) is 3.00. The zero-order valence-electron chi connectivity index (χ0n) is 16.5. The highest BCUT2D eigenvalue weighted by molar-refractivity contribution is 5.87. The summed E-state index contributed by atoms with van der Waals surface area (Å²) in [6.07, 6.45) is 2.15. The van der Waals surface area contributed by atoms with Gasteiger partial charge in [0, 0.05) is 43.2 Å². The third-order valence-corrected chi connectivity index (χ3v) is 5.61. The molecule has 0 bridgehead atoms. The summed E-state index contributed by atoms with van der Waals surface area (Å²) in [6, 6.07) is 3.43. The number of fused-ring (bicyclic) bond motifs is 1. The fraction of sp³-hybridized carbons (Fsp3) is 0.571. The van der Waals surface area contributed by atoms with Crippen LogP contribution in [0.3, 0.4) is 0 Å². The lowest BCUT2D eigenvalue weighted by atomic mass is 10.1. The van der Waals surface area contributed by atoms with Crippen molar-refractivity contribution in [1.82, 2.24) is 15.2 Å². The van der Waals surface area contributed by atoms with E-state index < -0.39 is 0 Å². The summed E-state index contributed by atoms with van der Waals surface area (Å²) in [5.41, 5.74) is 3.91. The van der Waals surface area contributed by atoms with Crippen molar-refractivity contribution in [3.05, 3.63) is 34.8 Å². The Hall–Kier alpha value is -1.92. The summed E-state index contributed by atoms with van der Waals surface area (Å²) < 4.78 is 19.4. The van der Waals surface area contributed by atoms with Crippen molar-refractivity contribution in [3.8, 4) is 0 Å². The highest BCUT2D eigenvalue weighted by Gasteiger charge is 2.18. The number of aromatic nitrogens is 1. The Kier molecular flexibility index (Phi) is 6.50. The quantitative estimate of drug-likeness (QED) is 0.781. The van der Waals surface area contributed by atoms with Gasteiger partial charge in [0.05, 0.1) is 18.7 Å². The number of amides is 1. The summed E-state index contributed by atoms with van der Waals surface area (Å²) in [4.78, 5) is 18.0. The third-order valence-electron chi connectivity index (χ3n) is 5.61. The second-order valence-electron chi connectivity index (χ2n) is 7.38. The Morgan fingerprint density at radius 3 is 2.81 bits per heavy atom. The van der Waals surface area contributed by atoms with E-state index in [1.54, 1.807) is 6.07 Å². The summed E-state index contributed by atoms with van der Waals surface area (Å²) in [7, 11) is 0.